The van der Waals surface area contributed by atoms with Crippen LogP contribution in [0.3, 0.4) is 0 Å². The molecule has 1 atom stereocenters. The molecule has 1 heterocycles. The van der Waals surface area contributed by atoms with Crippen LogP contribution in [0.25, 0.3) is 16.6 Å². The summed E-state index contributed by atoms with van der Waals surface area (Å²) >= 11 is 0. The fourth-order valence-electron chi connectivity index (χ4n) is 4.40. The van der Waals surface area contributed by atoms with Gasteiger partial charge in [-0.25, -0.2) is 13.8 Å². The summed E-state index contributed by atoms with van der Waals surface area (Å²) < 4.78 is 66.9. The topological polar surface area (TPSA) is 72.9 Å². The zero-order chi connectivity index (χ0) is 26.3. The highest BCUT2D eigenvalue weighted by Crippen LogP contribution is 2.40. The first-order valence-electron chi connectivity index (χ1n) is 11.8. The molecule has 0 bridgehead atoms. The second kappa shape index (κ2) is 9.59. The molecule has 0 aliphatic heterocycles. The SMILES string of the molecule is N[C@@H](Cc1cc(F)cc(F)c1)c1nc2cc(NCC(F)(F)F)ccc2c(=O)n1-c1ccc(C2CC2)cc1. The van der Waals surface area contributed by atoms with Gasteiger partial charge in [-0.15, -0.1) is 0 Å². The number of halogens is 5. The van der Waals surface area contributed by atoms with E-state index >= 15 is 0 Å². The van der Waals surface area contributed by atoms with E-state index in [0.29, 0.717) is 11.6 Å². The van der Waals surface area contributed by atoms with Gasteiger partial charge in [0.15, 0.2) is 0 Å². The lowest BCUT2D eigenvalue weighted by atomic mass is 10.0. The monoisotopic (exact) mass is 514 g/mol. The van der Waals surface area contributed by atoms with E-state index in [4.69, 9.17) is 5.73 Å². The predicted octanol–water partition coefficient (Wildman–Crippen LogP) is 5.76. The van der Waals surface area contributed by atoms with Crippen LogP contribution in [0.4, 0.5) is 27.6 Å². The van der Waals surface area contributed by atoms with E-state index in [1.165, 1.54) is 22.8 Å². The summed E-state index contributed by atoms with van der Waals surface area (Å²) in [6.45, 7) is -1.25. The van der Waals surface area contributed by atoms with E-state index in [9.17, 15) is 26.7 Å². The Hall–Kier alpha value is -3.79. The Bertz CT molecular complexity index is 1490. The number of benzene rings is 3. The molecule has 0 amide bonds. The smallest absolute Gasteiger partial charge is 0.376 e. The number of anilines is 1. The van der Waals surface area contributed by atoms with Crippen LogP contribution in [0.1, 0.15) is 41.8 Å². The van der Waals surface area contributed by atoms with Gasteiger partial charge in [-0.3, -0.25) is 9.36 Å². The number of aromatic nitrogens is 2. The Morgan fingerprint density at radius 1 is 1.00 bits per heavy atom. The van der Waals surface area contributed by atoms with Crippen molar-refractivity contribution in [1.82, 2.24) is 9.55 Å². The van der Waals surface area contributed by atoms with Crippen LogP contribution in [-0.4, -0.2) is 22.3 Å². The lowest BCUT2D eigenvalue weighted by Gasteiger charge is -2.19. The average Bonchev–Trinajstić information content (AvgIpc) is 3.67. The lowest BCUT2D eigenvalue weighted by Crippen LogP contribution is -2.29. The van der Waals surface area contributed by atoms with Crippen molar-refractivity contribution in [3.63, 3.8) is 0 Å². The minimum Gasteiger partial charge on any atom is -0.376 e. The number of hydrogen-bond acceptors (Lipinski definition) is 4. The maximum Gasteiger partial charge on any atom is 0.405 e. The predicted molar refractivity (Wildman–Crippen MR) is 131 cm³/mol. The number of nitrogens with zero attached hydrogens (tertiary/aromatic N) is 2. The minimum atomic E-state index is -4.42. The highest BCUT2D eigenvalue weighted by molar-refractivity contribution is 5.82. The van der Waals surface area contributed by atoms with Crippen molar-refractivity contribution >= 4 is 16.6 Å². The van der Waals surface area contributed by atoms with Gasteiger partial charge in [-0.2, -0.15) is 13.2 Å². The fraction of sp³-hybridized carbons (Fsp3) is 0.259. The van der Waals surface area contributed by atoms with Gasteiger partial charge in [0.1, 0.15) is 24.0 Å². The molecule has 1 aromatic heterocycles. The molecule has 37 heavy (non-hydrogen) atoms. The Morgan fingerprint density at radius 3 is 2.30 bits per heavy atom. The number of fused-ring (bicyclic) bond motifs is 1. The summed E-state index contributed by atoms with van der Waals surface area (Å²) in [5.41, 5.74) is 8.21. The number of alkyl halides is 3. The highest BCUT2D eigenvalue weighted by Gasteiger charge is 2.27. The summed E-state index contributed by atoms with van der Waals surface area (Å²) in [6, 6.07) is 13.7. The van der Waals surface area contributed by atoms with E-state index in [1.807, 2.05) is 12.1 Å². The van der Waals surface area contributed by atoms with Crippen LogP contribution in [0, 0.1) is 11.6 Å². The third-order valence-electron chi connectivity index (χ3n) is 6.30. The minimum absolute atomic E-state index is 0.0290. The molecule has 0 saturated heterocycles. The normalized spacial score (nSPS) is 14.6. The van der Waals surface area contributed by atoms with Gasteiger partial charge in [0.05, 0.1) is 22.6 Å². The molecule has 1 aliphatic carbocycles. The van der Waals surface area contributed by atoms with Crippen LogP contribution in [0.5, 0.6) is 0 Å². The molecular weight excluding hydrogens is 491 g/mol. The summed E-state index contributed by atoms with van der Waals surface area (Å²) in [5.74, 6) is -0.897. The largest absolute Gasteiger partial charge is 0.405 e. The van der Waals surface area contributed by atoms with Crippen molar-refractivity contribution in [2.45, 2.75) is 37.4 Å². The summed E-state index contributed by atoms with van der Waals surface area (Å²) in [7, 11) is 0. The third kappa shape index (κ3) is 5.64. The van der Waals surface area contributed by atoms with Gasteiger partial charge in [-0.1, -0.05) is 12.1 Å². The molecule has 0 spiro atoms. The zero-order valence-corrected chi connectivity index (χ0v) is 19.5. The van der Waals surface area contributed by atoms with E-state index in [0.717, 1.165) is 36.6 Å². The molecule has 1 aliphatic rings. The summed E-state index contributed by atoms with van der Waals surface area (Å²) in [4.78, 5) is 18.2. The molecule has 4 aromatic rings. The van der Waals surface area contributed by atoms with Gasteiger partial charge in [0.25, 0.3) is 5.56 Å². The van der Waals surface area contributed by atoms with Crippen LogP contribution in [-0.2, 0) is 6.42 Å². The van der Waals surface area contributed by atoms with Crippen molar-refractivity contribution in [2.24, 2.45) is 5.73 Å². The molecule has 192 valence electrons. The van der Waals surface area contributed by atoms with Crippen molar-refractivity contribution < 1.29 is 22.0 Å². The number of rotatable bonds is 7. The summed E-state index contributed by atoms with van der Waals surface area (Å²) in [6.07, 6.45) is -2.23. The van der Waals surface area contributed by atoms with E-state index in [-0.39, 0.29) is 34.4 Å². The maximum absolute atomic E-state index is 13.8. The van der Waals surface area contributed by atoms with Crippen LogP contribution in [0.15, 0.2) is 65.5 Å². The quantitative estimate of drug-likeness (QED) is 0.308. The fourth-order valence-corrected chi connectivity index (χ4v) is 4.40. The van der Waals surface area contributed by atoms with Crippen LogP contribution in [0.2, 0.25) is 0 Å². The zero-order valence-electron chi connectivity index (χ0n) is 19.5. The van der Waals surface area contributed by atoms with Gasteiger partial charge in [0, 0.05) is 11.8 Å². The molecule has 5 nitrogen and oxygen atoms in total. The van der Waals surface area contributed by atoms with Gasteiger partial charge < -0.3 is 11.1 Å². The molecular formula is C27H23F5N4O. The molecule has 0 unspecified atom stereocenters. The van der Waals surface area contributed by atoms with Crippen molar-refractivity contribution in [1.29, 1.82) is 0 Å². The molecule has 5 rings (SSSR count). The number of nitrogens with one attached hydrogen (secondary N) is 1. The Kier molecular flexibility index (Phi) is 6.45. The second-order valence-electron chi connectivity index (χ2n) is 9.27. The van der Waals surface area contributed by atoms with E-state index in [1.54, 1.807) is 12.1 Å². The van der Waals surface area contributed by atoms with Crippen molar-refractivity contribution in [3.05, 3.63) is 99.6 Å². The Morgan fingerprint density at radius 2 is 1.68 bits per heavy atom. The Balaban J connectivity index is 1.60. The van der Waals surface area contributed by atoms with Gasteiger partial charge in [0.2, 0.25) is 0 Å². The molecule has 1 fully saturated rings. The third-order valence-corrected chi connectivity index (χ3v) is 6.30. The number of nitrogens with two attached hydrogens (primary N) is 1. The summed E-state index contributed by atoms with van der Waals surface area (Å²) in [5, 5.41) is 2.47. The number of hydrogen-bond donors (Lipinski definition) is 2. The first-order chi connectivity index (χ1) is 17.6. The average molecular weight is 514 g/mol. The first kappa shape index (κ1) is 24.9. The Labute approximate surface area is 208 Å². The maximum atomic E-state index is 13.8. The molecule has 1 saturated carbocycles. The van der Waals surface area contributed by atoms with Crippen LogP contribution >= 0.6 is 0 Å². The second-order valence-corrected chi connectivity index (χ2v) is 9.27. The van der Waals surface area contributed by atoms with E-state index < -0.39 is 36.0 Å². The highest BCUT2D eigenvalue weighted by atomic mass is 19.4. The molecule has 3 N–H and O–H groups in total. The molecule has 3 aromatic carbocycles. The van der Waals surface area contributed by atoms with Crippen LogP contribution < -0.4 is 16.6 Å². The van der Waals surface area contributed by atoms with E-state index in [2.05, 4.69) is 10.3 Å². The van der Waals surface area contributed by atoms with Crippen molar-refractivity contribution in [2.75, 3.05) is 11.9 Å². The lowest BCUT2D eigenvalue weighted by molar-refractivity contribution is -0.115. The molecule has 10 heteroatoms. The van der Waals surface area contributed by atoms with Crippen molar-refractivity contribution in [3.8, 4) is 5.69 Å². The molecule has 0 radical (unpaired) electrons. The first-order valence-corrected chi connectivity index (χ1v) is 11.8. The standard InChI is InChI=1S/C27H23F5N4O/c28-18-9-15(10-19(29)12-18)11-23(33)25-35-24-13-20(34-14-27(30,31)32)5-8-22(24)26(37)36(25)21-6-3-17(4-7-21)16-1-2-16/h3-10,12-13,16,23,34H,1-2,11,14,33H2/t23-/m0/s1. The van der Waals surface area contributed by atoms with Gasteiger partial charge in [-0.05, 0) is 78.8 Å². The van der Waals surface area contributed by atoms with Gasteiger partial charge >= 0.3 is 6.18 Å².